The summed E-state index contributed by atoms with van der Waals surface area (Å²) in [6.45, 7) is 1.78. The van der Waals surface area contributed by atoms with Gasteiger partial charge in [-0.1, -0.05) is 5.21 Å². The van der Waals surface area contributed by atoms with E-state index in [1.807, 2.05) is 6.07 Å². The number of ether oxygens (including phenoxy) is 1. The van der Waals surface area contributed by atoms with Crippen LogP contribution in [0.4, 0.5) is 0 Å². The van der Waals surface area contributed by atoms with Crippen molar-refractivity contribution < 1.29 is 14.6 Å². The first-order valence-electron chi connectivity index (χ1n) is 5.60. The van der Waals surface area contributed by atoms with Crippen LogP contribution in [0.15, 0.2) is 21.1 Å². The Labute approximate surface area is 132 Å². The molecule has 6 nitrogen and oxygen atoms in total. The van der Waals surface area contributed by atoms with E-state index in [-0.39, 0.29) is 6.42 Å². The number of benzene rings is 1. The first-order valence-corrected chi connectivity index (χ1v) is 7.19. The highest BCUT2D eigenvalue weighted by Gasteiger charge is 2.16. The van der Waals surface area contributed by atoms with Crippen LogP contribution in [0.25, 0.3) is 5.69 Å². The van der Waals surface area contributed by atoms with Crippen molar-refractivity contribution in [2.45, 2.75) is 13.3 Å². The van der Waals surface area contributed by atoms with Gasteiger partial charge >= 0.3 is 5.97 Å². The van der Waals surface area contributed by atoms with Gasteiger partial charge in [-0.05, 0) is 44.8 Å². The number of carboxylic acids is 1. The Hall–Kier alpha value is -1.41. The lowest BCUT2D eigenvalue weighted by molar-refractivity contribution is -0.136. The van der Waals surface area contributed by atoms with E-state index in [0.717, 1.165) is 14.6 Å². The van der Waals surface area contributed by atoms with E-state index in [1.54, 1.807) is 24.8 Å². The quantitative estimate of drug-likeness (QED) is 0.847. The molecule has 20 heavy (non-hydrogen) atoms. The monoisotopic (exact) mass is 403 g/mol. The Kier molecular flexibility index (Phi) is 4.44. The number of rotatable bonds is 4. The zero-order valence-corrected chi connectivity index (χ0v) is 13.9. The minimum Gasteiger partial charge on any atom is -0.495 e. The average Bonchev–Trinajstić information content (AvgIpc) is 2.71. The molecule has 0 amide bonds. The number of aromatic nitrogens is 3. The van der Waals surface area contributed by atoms with E-state index < -0.39 is 5.97 Å². The van der Waals surface area contributed by atoms with Crippen molar-refractivity contribution in [3.05, 3.63) is 32.5 Å². The fourth-order valence-corrected chi connectivity index (χ4v) is 3.06. The highest BCUT2D eigenvalue weighted by molar-refractivity contribution is 9.11. The molecule has 0 fully saturated rings. The number of halogens is 2. The minimum absolute atomic E-state index is 0.156. The molecule has 0 aliphatic carbocycles. The summed E-state index contributed by atoms with van der Waals surface area (Å²) in [5.74, 6) is -0.287. The lowest BCUT2D eigenvalue weighted by atomic mass is 10.2. The third-order valence-corrected chi connectivity index (χ3v) is 4.01. The summed E-state index contributed by atoms with van der Waals surface area (Å²) in [6, 6.07) is 3.63. The highest BCUT2D eigenvalue weighted by atomic mass is 79.9. The molecule has 0 saturated heterocycles. The fourth-order valence-electron chi connectivity index (χ4n) is 1.73. The van der Waals surface area contributed by atoms with Crippen molar-refractivity contribution in [1.82, 2.24) is 15.0 Å². The van der Waals surface area contributed by atoms with E-state index in [4.69, 9.17) is 9.84 Å². The average molecular weight is 405 g/mol. The number of hydrogen-bond acceptors (Lipinski definition) is 4. The molecule has 106 valence electrons. The Morgan fingerprint density at radius 1 is 1.40 bits per heavy atom. The molecule has 0 atom stereocenters. The number of hydrogen-bond donors (Lipinski definition) is 1. The van der Waals surface area contributed by atoms with Crippen LogP contribution in [0.3, 0.4) is 0 Å². The normalized spacial score (nSPS) is 10.6. The fraction of sp³-hybridized carbons (Fsp3) is 0.250. The van der Waals surface area contributed by atoms with E-state index in [9.17, 15) is 4.79 Å². The van der Waals surface area contributed by atoms with Gasteiger partial charge in [0.15, 0.2) is 0 Å². The highest BCUT2D eigenvalue weighted by Crippen LogP contribution is 2.33. The van der Waals surface area contributed by atoms with Crippen LogP contribution in [0.1, 0.15) is 11.4 Å². The largest absolute Gasteiger partial charge is 0.495 e. The molecule has 1 aromatic carbocycles. The second kappa shape index (κ2) is 5.92. The zero-order valence-electron chi connectivity index (χ0n) is 10.7. The SMILES string of the molecule is COc1cc(-n2nnc(CC(=O)O)c2C)c(Br)cc1Br. The molecule has 1 N–H and O–H groups in total. The van der Waals surface area contributed by atoms with Gasteiger partial charge < -0.3 is 9.84 Å². The smallest absolute Gasteiger partial charge is 0.309 e. The molecule has 0 spiro atoms. The molecule has 2 aromatic rings. The number of aliphatic carboxylic acids is 1. The molecule has 2 rings (SSSR count). The molecular weight excluding hydrogens is 394 g/mol. The third kappa shape index (κ3) is 2.85. The summed E-state index contributed by atoms with van der Waals surface area (Å²) in [5, 5.41) is 16.7. The van der Waals surface area contributed by atoms with Gasteiger partial charge in [-0.15, -0.1) is 5.10 Å². The molecule has 8 heteroatoms. The van der Waals surface area contributed by atoms with Crippen LogP contribution in [-0.2, 0) is 11.2 Å². The molecule has 0 bridgehead atoms. The van der Waals surface area contributed by atoms with Gasteiger partial charge in [0.25, 0.3) is 0 Å². The minimum atomic E-state index is -0.937. The van der Waals surface area contributed by atoms with Gasteiger partial charge in [0.1, 0.15) is 5.75 Å². The first-order chi connectivity index (χ1) is 9.43. The lowest BCUT2D eigenvalue weighted by Gasteiger charge is -2.10. The number of carbonyl (C=O) groups is 1. The van der Waals surface area contributed by atoms with Crippen LogP contribution in [0.2, 0.25) is 0 Å². The number of nitrogens with zero attached hydrogens (tertiary/aromatic N) is 3. The summed E-state index contributed by atoms with van der Waals surface area (Å²) in [7, 11) is 1.57. The van der Waals surface area contributed by atoms with Crippen molar-refractivity contribution in [3.63, 3.8) is 0 Å². The Morgan fingerprint density at radius 2 is 2.10 bits per heavy atom. The molecule has 0 aliphatic rings. The Morgan fingerprint density at radius 3 is 2.70 bits per heavy atom. The molecule has 0 aliphatic heterocycles. The summed E-state index contributed by atoms with van der Waals surface area (Å²) < 4.78 is 8.43. The summed E-state index contributed by atoms with van der Waals surface area (Å²) in [4.78, 5) is 10.8. The second-order valence-corrected chi connectivity index (χ2v) is 5.75. The number of carboxylic acid groups (broad SMARTS) is 1. The Bertz CT molecular complexity index is 670. The predicted molar refractivity (Wildman–Crippen MR) is 79.4 cm³/mol. The lowest BCUT2D eigenvalue weighted by Crippen LogP contribution is -2.04. The first kappa shape index (κ1) is 15.0. The van der Waals surface area contributed by atoms with Gasteiger partial charge in [-0.25, -0.2) is 4.68 Å². The van der Waals surface area contributed by atoms with Gasteiger partial charge in [0, 0.05) is 10.5 Å². The van der Waals surface area contributed by atoms with Gasteiger partial charge in [-0.3, -0.25) is 4.79 Å². The summed E-state index contributed by atoms with van der Waals surface area (Å²) >= 11 is 6.84. The molecule has 0 radical (unpaired) electrons. The van der Waals surface area contributed by atoms with Crippen molar-refractivity contribution in [3.8, 4) is 11.4 Å². The maximum Gasteiger partial charge on any atom is 0.309 e. The van der Waals surface area contributed by atoms with Crippen molar-refractivity contribution in [2.75, 3.05) is 7.11 Å². The second-order valence-electron chi connectivity index (χ2n) is 4.04. The van der Waals surface area contributed by atoms with Crippen LogP contribution in [0, 0.1) is 6.92 Å². The maximum atomic E-state index is 10.8. The van der Waals surface area contributed by atoms with Crippen molar-refractivity contribution in [1.29, 1.82) is 0 Å². The molecule has 0 saturated carbocycles. The van der Waals surface area contributed by atoms with Crippen LogP contribution < -0.4 is 4.74 Å². The van der Waals surface area contributed by atoms with E-state index in [2.05, 4.69) is 42.2 Å². The van der Waals surface area contributed by atoms with Crippen LogP contribution in [-0.4, -0.2) is 33.2 Å². The molecule has 1 heterocycles. The van der Waals surface area contributed by atoms with Gasteiger partial charge in [0.2, 0.25) is 0 Å². The van der Waals surface area contributed by atoms with Crippen molar-refractivity contribution >= 4 is 37.8 Å². The molecule has 0 unspecified atom stereocenters. The predicted octanol–water partition coefficient (Wildman–Crippen LogP) is 2.74. The summed E-state index contributed by atoms with van der Waals surface area (Å²) in [6.07, 6.45) is -0.156. The zero-order chi connectivity index (χ0) is 14.9. The maximum absolute atomic E-state index is 10.8. The van der Waals surface area contributed by atoms with Crippen molar-refractivity contribution in [2.24, 2.45) is 0 Å². The van der Waals surface area contributed by atoms with Crippen LogP contribution in [0.5, 0.6) is 5.75 Å². The molecule has 1 aromatic heterocycles. The van der Waals surface area contributed by atoms with Gasteiger partial charge in [0.05, 0.1) is 35.1 Å². The topological polar surface area (TPSA) is 77.2 Å². The standard InChI is InChI=1S/C12H11Br2N3O3/c1-6-9(4-12(18)19)15-16-17(6)10-5-11(20-2)8(14)3-7(10)13/h3,5H,4H2,1-2H3,(H,18,19). The Balaban J connectivity index is 2.52. The molecular formula is C12H11Br2N3O3. The summed E-state index contributed by atoms with van der Waals surface area (Å²) in [5.41, 5.74) is 1.84. The van der Waals surface area contributed by atoms with E-state index >= 15 is 0 Å². The number of methoxy groups -OCH3 is 1. The third-order valence-electron chi connectivity index (χ3n) is 2.76. The van der Waals surface area contributed by atoms with Gasteiger partial charge in [-0.2, -0.15) is 0 Å². The van der Waals surface area contributed by atoms with E-state index in [1.165, 1.54) is 0 Å². The van der Waals surface area contributed by atoms with E-state index in [0.29, 0.717) is 17.1 Å². The van der Waals surface area contributed by atoms with Crippen LogP contribution >= 0.6 is 31.9 Å².